The molecule has 0 aromatic heterocycles. The van der Waals surface area contributed by atoms with Gasteiger partial charge < -0.3 is 14.4 Å². The molecule has 0 aliphatic carbocycles. The fourth-order valence-electron chi connectivity index (χ4n) is 4.36. The van der Waals surface area contributed by atoms with E-state index in [0.29, 0.717) is 36.8 Å². The van der Waals surface area contributed by atoms with E-state index in [1.54, 1.807) is 0 Å². The Balaban J connectivity index is 1.46. The lowest BCUT2D eigenvalue weighted by Gasteiger charge is -2.31. The van der Waals surface area contributed by atoms with Crippen LogP contribution in [0, 0.1) is 0 Å². The maximum Gasteiger partial charge on any atom is 0.254 e. The molecule has 1 atom stereocenters. The van der Waals surface area contributed by atoms with Crippen LogP contribution in [0.5, 0.6) is 11.5 Å². The van der Waals surface area contributed by atoms with E-state index in [9.17, 15) is 4.79 Å². The fraction of sp³-hybridized carbons (Fsp3) is 0.321. The van der Waals surface area contributed by atoms with E-state index in [-0.39, 0.29) is 11.9 Å². The molecule has 0 spiro atoms. The van der Waals surface area contributed by atoms with Gasteiger partial charge in [0, 0.05) is 18.2 Å². The second kappa shape index (κ2) is 10.4. The first-order valence-corrected chi connectivity index (χ1v) is 11.5. The molecule has 4 heteroatoms. The van der Waals surface area contributed by atoms with Crippen LogP contribution in [0.2, 0.25) is 0 Å². The Hall–Kier alpha value is -3.27. The van der Waals surface area contributed by atoms with E-state index in [1.165, 1.54) is 16.7 Å². The minimum atomic E-state index is 0.0503. The normalized spacial score (nSPS) is 13.4. The summed E-state index contributed by atoms with van der Waals surface area (Å²) >= 11 is 0. The van der Waals surface area contributed by atoms with Gasteiger partial charge in [0.15, 0.2) is 11.5 Å². The SMILES string of the molecule is CCC(CCc1cccc(-c2ccccc2)c1)N(CC)C(=O)c1ccc2c(c1)OCCO2. The van der Waals surface area contributed by atoms with Crippen LogP contribution < -0.4 is 9.47 Å². The number of ether oxygens (including phenoxy) is 2. The third kappa shape index (κ3) is 4.96. The Kier molecular flexibility index (Phi) is 7.10. The number of rotatable bonds is 8. The molecule has 0 saturated carbocycles. The van der Waals surface area contributed by atoms with Gasteiger partial charge in [-0.25, -0.2) is 0 Å². The van der Waals surface area contributed by atoms with E-state index in [0.717, 1.165) is 19.3 Å². The average Bonchev–Trinajstić information content (AvgIpc) is 2.86. The number of fused-ring (bicyclic) bond motifs is 1. The molecule has 1 amide bonds. The lowest BCUT2D eigenvalue weighted by atomic mass is 9.98. The summed E-state index contributed by atoms with van der Waals surface area (Å²) in [6.45, 7) is 5.95. The average molecular weight is 430 g/mol. The van der Waals surface area contributed by atoms with Crippen molar-refractivity contribution >= 4 is 5.91 Å². The molecular weight excluding hydrogens is 398 g/mol. The lowest BCUT2D eigenvalue weighted by molar-refractivity contribution is 0.0674. The number of carbonyl (C=O) groups excluding carboxylic acids is 1. The van der Waals surface area contributed by atoms with E-state index in [2.05, 4.69) is 62.4 Å². The van der Waals surface area contributed by atoms with Gasteiger partial charge in [-0.1, -0.05) is 61.5 Å². The Morgan fingerprint density at radius 3 is 2.38 bits per heavy atom. The van der Waals surface area contributed by atoms with Gasteiger partial charge in [0.1, 0.15) is 13.2 Å². The van der Waals surface area contributed by atoms with E-state index in [4.69, 9.17) is 9.47 Å². The van der Waals surface area contributed by atoms with Crippen molar-refractivity contribution in [3.63, 3.8) is 0 Å². The summed E-state index contributed by atoms with van der Waals surface area (Å²) in [6, 6.07) is 24.8. The summed E-state index contributed by atoms with van der Waals surface area (Å²) in [5.41, 5.74) is 4.41. The van der Waals surface area contributed by atoms with Crippen molar-refractivity contribution in [3.05, 3.63) is 83.9 Å². The van der Waals surface area contributed by atoms with Crippen LogP contribution in [0.15, 0.2) is 72.8 Å². The van der Waals surface area contributed by atoms with Gasteiger partial charge >= 0.3 is 0 Å². The van der Waals surface area contributed by atoms with E-state index >= 15 is 0 Å². The Morgan fingerprint density at radius 2 is 1.62 bits per heavy atom. The topological polar surface area (TPSA) is 38.8 Å². The molecule has 0 saturated heterocycles. The van der Waals surface area contributed by atoms with Crippen molar-refractivity contribution in [1.82, 2.24) is 4.90 Å². The summed E-state index contributed by atoms with van der Waals surface area (Å²) < 4.78 is 11.3. The predicted octanol–water partition coefficient (Wildman–Crippen LogP) is 6.00. The molecule has 32 heavy (non-hydrogen) atoms. The zero-order valence-electron chi connectivity index (χ0n) is 18.9. The molecule has 0 radical (unpaired) electrons. The summed E-state index contributed by atoms with van der Waals surface area (Å²) in [6.07, 6.45) is 2.78. The van der Waals surface area contributed by atoms with Gasteiger partial charge in [-0.2, -0.15) is 0 Å². The van der Waals surface area contributed by atoms with Gasteiger partial charge in [-0.05, 0) is 61.1 Å². The molecule has 1 heterocycles. The van der Waals surface area contributed by atoms with Crippen molar-refractivity contribution in [2.24, 2.45) is 0 Å². The monoisotopic (exact) mass is 429 g/mol. The molecule has 1 unspecified atom stereocenters. The Labute approximate surface area is 190 Å². The highest BCUT2D eigenvalue weighted by Gasteiger charge is 2.24. The number of hydrogen-bond donors (Lipinski definition) is 0. The zero-order valence-corrected chi connectivity index (χ0v) is 18.9. The van der Waals surface area contributed by atoms with Crippen LogP contribution in [-0.4, -0.2) is 36.6 Å². The largest absolute Gasteiger partial charge is 0.486 e. The number of amides is 1. The van der Waals surface area contributed by atoms with Crippen LogP contribution in [-0.2, 0) is 6.42 Å². The third-order valence-corrected chi connectivity index (χ3v) is 6.10. The summed E-state index contributed by atoms with van der Waals surface area (Å²) in [5.74, 6) is 1.42. The van der Waals surface area contributed by atoms with Gasteiger partial charge in [-0.3, -0.25) is 4.79 Å². The highest BCUT2D eigenvalue weighted by molar-refractivity contribution is 5.95. The van der Waals surface area contributed by atoms with Gasteiger partial charge in [-0.15, -0.1) is 0 Å². The standard InChI is InChI=1S/C28H31NO3/c1-3-25(15-13-21-9-8-12-23(19-21)22-10-6-5-7-11-22)29(4-2)28(30)24-14-16-26-27(20-24)32-18-17-31-26/h5-12,14,16,19-20,25H,3-4,13,15,17-18H2,1-2H3. The van der Waals surface area contributed by atoms with E-state index in [1.807, 2.05) is 29.2 Å². The number of nitrogens with zero attached hydrogens (tertiary/aromatic N) is 1. The number of hydrogen-bond acceptors (Lipinski definition) is 3. The minimum absolute atomic E-state index is 0.0503. The Bertz CT molecular complexity index is 1050. The van der Waals surface area contributed by atoms with E-state index < -0.39 is 0 Å². The summed E-state index contributed by atoms with van der Waals surface area (Å²) in [5, 5.41) is 0. The molecule has 4 nitrogen and oxygen atoms in total. The molecule has 166 valence electrons. The van der Waals surface area contributed by atoms with Gasteiger partial charge in [0.05, 0.1) is 0 Å². The maximum atomic E-state index is 13.3. The second-order valence-electron chi connectivity index (χ2n) is 8.12. The molecular formula is C28H31NO3. The predicted molar refractivity (Wildman–Crippen MR) is 128 cm³/mol. The molecule has 0 N–H and O–H groups in total. The summed E-state index contributed by atoms with van der Waals surface area (Å²) in [7, 11) is 0. The van der Waals surface area contributed by atoms with Crippen molar-refractivity contribution in [2.75, 3.05) is 19.8 Å². The smallest absolute Gasteiger partial charge is 0.254 e. The summed E-state index contributed by atoms with van der Waals surface area (Å²) in [4.78, 5) is 15.3. The number of benzene rings is 3. The van der Waals surface area contributed by atoms with Crippen molar-refractivity contribution in [1.29, 1.82) is 0 Å². The number of carbonyl (C=O) groups is 1. The van der Waals surface area contributed by atoms with Crippen LogP contribution in [0.1, 0.15) is 42.6 Å². The minimum Gasteiger partial charge on any atom is -0.486 e. The zero-order chi connectivity index (χ0) is 22.3. The molecule has 3 aromatic rings. The first-order valence-electron chi connectivity index (χ1n) is 11.5. The maximum absolute atomic E-state index is 13.3. The first-order chi connectivity index (χ1) is 15.7. The Morgan fingerprint density at radius 1 is 0.875 bits per heavy atom. The van der Waals surface area contributed by atoms with Gasteiger partial charge in [0.25, 0.3) is 5.91 Å². The lowest BCUT2D eigenvalue weighted by Crippen LogP contribution is -2.40. The highest BCUT2D eigenvalue weighted by Crippen LogP contribution is 2.31. The van der Waals surface area contributed by atoms with Crippen LogP contribution in [0.4, 0.5) is 0 Å². The molecule has 0 fully saturated rings. The molecule has 3 aromatic carbocycles. The quantitative estimate of drug-likeness (QED) is 0.441. The fourth-order valence-corrected chi connectivity index (χ4v) is 4.36. The van der Waals surface area contributed by atoms with Crippen molar-refractivity contribution < 1.29 is 14.3 Å². The highest BCUT2D eigenvalue weighted by atomic mass is 16.6. The van der Waals surface area contributed by atoms with Crippen molar-refractivity contribution in [3.8, 4) is 22.6 Å². The van der Waals surface area contributed by atoms with Crippen LogP contribution in [0.25, 0.3) is 11.1 Å². The molecule has 0 bridgehead atoms. The molecule has 1 aliphatic rings. The van der Waals surface area contributed by atoms with Crippen LogP contribution >= 0.6 is 0 Å². The molecule has 4 rings (SSSR count). The first kappa shape index (κ1) is 21.9. The van der Waals surface area contributed by atoms with Crippen molar-refractivity contribution in [2.45, 2.75) is 39.2 Å². The second-order valence-corrected chi connectivity index (χ2v) is 8.12. The van der Waals surface area contributed by atoms with Crippen LogP contribution in [0.3, 0.4) is 0 Å². The third-order valence-electron chi connectivity index (χ3n) is 6.10. The molecule has 1 aliphatic heterocycles. The van der Waals surface area contributed by atoms with Gasteiger partial charge in [0.2, 0.25) is 0 Å². The number of aryl methyl sites for hydroxylation is 1.